The first-order chi connectivity index (χ1) is 18.3. The topological polar surface area (TPSA) is 82.1 Å². The van der Waals surface area contributed by atoms with E-state index in [4.69, 9.17) is 14.2 Å². The van der Waals surface area contributed by atoms with Crippen molar-refractivity contribution < 1.29 is 31.8 Å². The van der Waals surface area contributed by atoms with Crippen molar-refractivity contribution in [3.05, 3.63) is 120 Å². The van der Waals surface area contributed by atoms with Gasteiger partial charge in [-0.15, -0.1) is 0 Å². The summed E-state index contributed by atoms with van der Waals surface area (Å²) in [5.74, 6) is -1.76. The van der Waals surface area contributed by atoms with Gasteiger partial charge in [0, 0.05) is 12.1 Å². The molecule has 0 aliphatic heterocycles. The van der Waals surface area contributed by atoms with Crippen LogP contribution in [0.1, 0.15) is 21.5 Å². The zero-order chi connectivity index (χ0) is 27.1. The second-order valence-corrected chi connectivity index (χ2v) is 10.1. The minimum atomic E-state index is -4.25. The summed E-state index contributed by atoms with van der Waals surface area (Å²) in [6.45, 7) is -0.0181. The van der Waals surface area contributed by atoms with Crippen LogP contribution in [-0.2, 0) is 27.9 Å². The fraction of sp³-hybridized carbons (Fsp3) is 0.138. The highest BCUT2D eigenvalue weighted by molar-refractivity contribution is 7.92. The molecule has 0 unspecified atom stereocenters. The Bertz CT molecular complexity index is 1490. The Labute approximate surface area is 221 Å². The third-order valence-corrected chi connectivity index (χ3v) is 7.53. The van der Waals surface area contributed by atoms with Gasteiger partial charge >= 0.3 is 5.97 Å². The van der Waals surface area contributed by atoms with E-state index in [1.54, 1.807) is 24.3 Å². The molecule has 0 spiro atoms. The van der Waals surface area contributed by atoms with Crippen LogP contribution in [-0.4, -0.2) is 28.6 Å². The second kappa shape index (κ2) is 11.8. The van der Waals surface area contributed by atoms with E-state index >= 15 is 0 Å². The summed E-state index contributed by atoms with van der Waals surface area (Å²) in [4.78, 5) is 12.6. The molecule has 4 aromatic carbocycles. The van der Waals surface area contributed by atoms with Crippen LogP contribution in [0.25, 0.3) is 0 Å². The number of hydrogen-bond donors (Lipinski definition) is 0. The summed E-state index contributed by atoms with van der Waals surface area (Å²) in [7, 11) is -1.69. The molecule has 0 saturated heterocycles. The van der Waals surface area contributed by atoms with Crippen LogP contribution < -0.4 is 13.8 Å². The Morgan fingerprint density at radius 3 is 1.95 bits per heavy atom. The standard InChI is InChI=1S/C29H26FNO6S/c1-35-26-17-24(18-27(36-2)28(26)30)31(19-21-10-5-3-6-11-21)38(33,34)25-15-9-14-23(16-25)29(32)37-20-22-12-7-4-8-13-22/h3-18H,19-20H2,1-2H3. The predicted octanol–water partition coefficient (Wildman–Crippen LogP) is 5.60. The number of anilines is 1. The molecule has 0 heterocycles. The van der Waals surface area contributed by atoms with Crippen LogP contribution in [0, 0.1) is 5.82 Å². The molecule has 9 heteroatoms. The monoisotopic (exact) mass is 535 g/mol. The lowest BCUT2D eigenvalue weighted by Gasteiger charge is -2.26. The van der Waals surface area contributed by atoms with Gasteiger partial charge in [-0.25, -0.2) is 13.2 Å². The molecule has 0 amide bonds. The van der Waals surface area contributed by atoms with Crippen LogP contribution in [0.15, 0.2) is 102 Å². The minimum absolute atomic E-state index is 0.0476. The Morgan fingerprint density at radius 2 is 1.37 bits per heavy atom. The molecule has 0 radical (unpaired) electrons. The molecule has 4 rings (SSSR count). The fourth-order valence-electron chi connectivity index (χ4n) is 3.78. The molecule has 0 N–H and O–H groups in total. The molecule has 0 aliphatic carbocycles. The molecule has 38 heavy (non-hydrogen) atoms. The maximum Gasteiger partial charge on any atom is 0.338 e. The molecule has 196 valence electrons. The normalized spacial score (nSPS) is 11.0. The second-order valence-electron chi connectivity index (χ2n) is 8.25. The Hall–Kier alpha value is -4.37. The summed E-state index contributed by atoms with van der Waals surface area (Å²) in [5, 5.41) is 0. The maximum absolute atomic E-state index is 14.6. The van der Waals surface area contributed by atoms with Gasteiger partial charge in [0.15, 0.2) is 11.5 Å². The molecule has 0 saturated carbocycles. The largest absolute Gasteiger partial charge is 0.493 e. The van der Waals surface area contributed by atoms with Crippen molar-refractivity contribution in [1.29, 1.82) is 0 Å². The number of hydrogen-bond acceptors (Lipinski definition) is 6. The lowest BCUT2D eigenvalue weighted by Crippen LogP contribution is -2.31. The van der Waals surface area contributed by atoms with Crippen molar-refractivity contribution >= 4 is 21.7 Å². The summed E-state index contributed by atoms with van der Waals surface area (Å²) in [6.07, 6.45) is 0. The van der Waals surface area contributed by atoms with Crippen LogP contribution in [0.4, 0.5) is 10.1 Å². The summed E-state index contributed by atoms with van der Waals surface area (Å²) in [6, 6.07) is 26.3. The number of methoxy groups -OCH3 is 2. The van der Waals surface area contributed by atoms with E-state index in [9.17, 15) is 17.6 Å². The SMILES string of the molecule is COc1cc(N(Cc2ccccc2)S(=O)(=O)c2cccc(C(=O)OCc3ccccc3)c2)cc(OC)c1F. The Morgan fingerprint density at radius 1 is 0.789 bits per heavy atom. The number of halogens is 1. The van der Waals surface area contributed by atoms with E-state index in [2.05, 4.69) is 0 Å². The van der Waals surface area contributed by atoms with Crippen LogP contribution in [0.3, 0.4) is 0 Å². The Balaban J connectivity index is 1.72. The quantitative estimate of drug-likeness (QED) is 0.246. The lowest BCUT2D eigenvalue weighted by atomic mass is 10.2. The molecule has 0 aromatic heterocycles. The number of sulfonamides is 1. The van der Waals surface area contributed by atoms with Gasteiger partial charge in [0.25, 0.3) is 10.0 Å². The molecule has 0 atom stereocenters. The molecular weight excluding hydrogens is 509 g/mol. The zero-order valence-electron chi connectivity index (χ0n) is 20.8. The zero-order valence-corrected chi connectivity index (χ0v) is 21.7. The van der Waals surface area contributed by atoms with Crippen molar-refractivity contribution in [3.8, 4) is 11.5 Å². The summed E-state index contributed by atoms with van der Waals surface area (Å²) >= 11 is 0. The summed E-state index contributed by atoms with van der Waals surface area (Å²) < 4.78 is 59.3. The number of carbonyl (C=O) groups is 1. The fourth-order valence-corrected chi connectivity index (χ4v) is 5.26. The van der Waals surface area contributed by atoms with Crippen molar-refractivity contribution in [1.82, 2.24) is 0 Å². The van der Waals surface area contributed by atoms with Crippen molar-refractivity contribution in [2.75, 3.05) is 18.5 Å². The number of benzene rings is 4. The first kappa shape index (κ1) is 26.7. The van der Waals surface area contributed by atoms with E-state index in [0.717, 1.165) is 9.87 Å². The van der Waals surface area contributed by atoms with Gasteiger partial charge in [-0.3, -0.25) is 4.31 Å². The van der Waals surface area contributed by atoms with Gasteiger partial charge in [-0.1, -0.05) is 66.7 Å². The number of ether oxygens (including phenoxy) is 3. The summed E-state index contributed by atoms with van der Waals surface area (Å²) in [5.41, 5.74) is 1.70. The highest BCUT2D eigenvalue weighted by Gasteiger charge is 2.28. The first-order valence-electron chi connectivity index (χ1n) is 11.6. The van der Waals surface area contributed by atoms with E-state index < -0.39 is 21.8 Å². The molecule has 4 aromatic rings. The number of carbonyl (C=O) groups excluding carboxylic acids is 1. The third kappa shape index (κ3) is 5.95. The van der Waals surface area contributed by atoms with Crippen molar-refractivity contribution in [2.24, 2.45) is 0 Å². The predicted molar refractivity (Wildman–Crippen MR) is 141 cm³/mol. The van der Waals surface area contributed by atoms with Crippen molar-refractivity contribution in [3.63, 3.8) is 0 Å². The molecule has 0 bridgehead atoms. The smallest absolute Gasteiger partial charge is 0.338 e. The third-order valence-electron chi connectivity index (χ3n) is 5.76. The minimum Gasteiger partial charge on any atom is -0.493 e. The highest BCUT2D eigenvalue weighted by atomic mass is 32.2. The highest BCUT2D eigenvalue weighted by Crippen LogP contribution is 2.36. The van der Waals surface area contributed by atoms with Gasteiger partial charge in [0.1, 0.15) is 6.61 Å². The van der Waals surface area contributed by atoms with E-state index in [1.165, 1.54) is 50.6 Å². The van der Waals surface area contributed by atoms with Gasteiger partial charge < -0.3 is 14.2 Å². The van der Waals surface area contributed by atoms with E-state index in [1.807, 2.05) is 36.4 Å². The van der Waals surface area contributed by atoms with Crippen LogP contribution in [0.5, 0.6) is 11.5 Å². The Kier molecular flexibility index (Phi) is 8.28. The maximum atomic E-state index is 14.6. The average molecular weight is 536 g/mol. The van der Waals surface area contributed by atoms with Crippen LogP contribution >= 0.6 is 0 Å². The number of rotatable bonds is 10. The molecular formula is C29H26FNO6S. The van der Waals surface area contributed by atoms with Gasteiger partial charge in [-0.2, -0.15) is 4.39 Å². The molecule has 7 nitrogen and oxygen atoms in total. The molecule has 0 aliphatic rings. The van der Waals surface area contributed by atoms with Crippen LogP contribution in [0.2, 0.25) is 0 Å². The average Bonchev–Trinajstić information content (AvgIpc) is 2.96. The lowest BCUT2D eigenvalue weighted by molar-refractivity contribution is 0.0472. The van der Waals surface area contributed by atoms with E-state index in [0.29, 0.717) is 5.56 Å². The molecule has 0 fully saturated rings. The first-order valence-corrected chi connectivity index (χ1v) is 13.1. The number of nitrogens with zero attached hydrogens (tertiary/aromatic N) is 1. The number of esters is 1. The van der Waals surface area contributed by atoms with Gasteiger partial charge in [0.05, 0.1) is 36.9 Å². The van der Waals surface area contributed by atoms with E-state index in [-0.39, 0.29) is 40.8 Å². The van der Waals surface area contributed by atoms with Crippen molar-refractivity contribution in [2.45, 2.75) is 18.0 Å². The van der Waals surface area contributed by atoms with Gasteiger partial charge in [0.2, 0.25) is 5.82 Å². The van der Waals surface area contributed by atoms with Gasteiger partial charge in [-0.05, 0) is 29.3 Å².